The molecule has 0 spiro atoms. The highest BCUT2D eigenvalue weighted by atomic mass is 19.1. The number of carbonyl (C=O) groups excluding carboxylic acids is 1. The van der Waals surface area contributed by atoms with Crippen molar-refractivity contribution in [2.24, 2.45) is 23.2 Å². The molecule has 0 aromatic heterocycles. The average Bonchev–Trinajstić information content (AvgIpc) is 3.47. The van der Waals surface area contributed by atoms with Gasteiger partial charge in [-0.2, -0.15) is 0 Å². The van der Waals surface area contributed by atoms with E-state index in [0.717, 1.165) is 42.6 Å². The van der Waals surface area contributed by atoms with Crippen LogP contribution in [0.1, 0.15) is 79.6 Å². The monoisotopic (exact) mass is 427 g/mol. The van der Waals surface area contributed by atoms with Gasteiger partial charge in [-0.1, -0.05) is 0 Å². The number of likely N-dealkylation sites (tertiary alicyclic amines) is 1. The summed E-state index contributed by atoms with van der Waals surface area (Å²) in [6, 6.07) is 3.30. The molecule has 168 valence electrons. The summed E-state index contributed by atoms with van der Waals surface area (Å²) in [6.07, 6.45) is 11.2. The Morgan fingerprint density at radius 3 is 2.35 bits per heavy atom. The number of nitrogens with zero attached hydrogens (tertiary/aromatic N) is 1. The summed E-state index contributed by atoms with van der Waals surface area (Å²) in [5, 5.41) is 0. The molecule has 31 heavy (non-hydrogen) atoms. The quantitative estimate of drug-likeness (QED) is 0.630. The van der Waals surface area contributed by atoms with Crippen molar-refractivity contribution in [3.05, 3.63) is 29.1 Å². The van der Waals surface area contributed by atoms with E-state index in [1.165, 1.54) is 44.6 Å². The first-order valence-corrected chi connectivity index (χ1v) is 12.3. The number of ether oxygens (including phenoxy) is 2. The zero-order valence-electron chi connectivity index (χ0n) is 18.6. The molecule has 1 amide bonds. The molecule has 4 nitrogen and oxygen atoms in total. The average molecular weight is 428 g/mol. The maximum atomic E-state index is 15.1. The first kappa shape index (κ1) is 20.0. The lowest BCUT2D eigenvalue weighted by molar-refractivity contribution is -0.0747. The summed E-state index contributed by atoms with van der Waals surface area (Å²) in [6.45, 7) is 1.88. The molecule has 1 aromatic rings. The zero-order chi connectivity index (χ0) is 21.2. The van der Waals surface area contributed by atoms with Crippen molar-refractivity contribution in [3.8, 4) is 5.75 Å². The van der Waals surface area contributed by atoms with Crippen LogP contribution in [0.2, 0.25) is 0 Å². The van der Waals surface area contributed by atoms with E-state index in [4.69, 9.17) is 9.47 Å². The minimum absolute atomic E-state index is 0.0535. The highest BCUT2D eigenvalue weighted by Gasteiger charge is 2.51. The Bertz CT molecular complexity index is 844. The van der Waals surface area contributed by atoms with Crippen LogP contribution >= 0.6 is 0 Å². The smallest absolute Gasteiger partial charge is 0.256 e. The van der Waals surface area contributed by atoms with E-state index < -0.39 is 5.82 Å². The van der Waals surface area contributed by atoms with Crippen LogP contribution < -0.4 is 4.74 Å². The van der Waals surface area contributed by atoms with Crippen LogP contribution in [0.3, 0.4) is 0 Å². The summed E-state index contributed by atoms with van der Waals surface area (Å²) < 4.78 is 26.9. The van der Waals surface area contributed by atoms with Crippen LogP contribution in [-0.2, 0) is 4.74 Å². The van der Waals surface area contributed by atoms with Crippen molar-refractivity contribution in [2.45, 2.75) is 69.8 Å². The van der Waals surface area contributed by atoms with Crippen LogP contribution in [0.25, 0.3) is 0 Å². The third-order valence-electron chi connectivity index (χ3n) is 8.81. The fourth-order valence-corrected chi connectivity index (χ4v) is 7.55. The molecule has 1 aliphatic heterocycles. The van der Waals surface area contributed by atoms with E-state index >= 15 is 4.39 Å². The Balaban J connectivity index is 1.22. The molecular formula is C26H34FNO3. The van der Waals surface area contributed by atoms with Gasteiger partial charge in [0.2, 0.25) is 0 Å². The number of carbonyl (C=O) groups is 1. The van der Waals surface area contributed by atoms with Gasteiger partial charge in [-0.05, 0) is 93.1 Å². The molecule has 1 atom stereocenters. The molecule has 5 aliphatic carbocycles. The van der Waals surface area contributed by atoms with Crippen LogP contribution in [0.5, 0.6) is 5.75 Å². The topological polar surface area (TPSA) is 38.8 Å². The predicted molar refractivity (Wildman–Crippen MR) is 116 cm³/mol. The fourth-order valence-electron chi connectivity index (χ4n) is 7.55. The largest absolute Gasteiger partial charge is 0.493 e. The number of halogens is 1. The summed E-state index contributed by atoms with van der Waals surface area (Å²) >= 11 is 0. The molecule has 5 heteroatoms. The van der Waals surface area contributed by atoms with Gasteiger partial charge in [0.05, 0.1) is 18.3 Å². The van der Waals surface area contributed by atoms with Gasteiger partial charge in [0, 0.05) is 31.7 Å². The third kappa shape index (κ3) is 3.67. The van der Waals surface area contributed by atoms with Crippen molar-refractivity contribution >= 4 is 5.91 Å². The van der Waals surface area contributed by atoms with Crippen molar-refractivity contribution in [2.75, 3.05) is 26.8 Å². The Morgan fingerprint density at radius 1 is 1.10 bits per heavy atom. The predicted octanol–water partition coefficient (Wildman–Crippen LogP) is 5.16. The van der Waals surface area contributed by atoms with Gasteiger partial charge >= 0.3 is 0 Å². The molecule has 1 heterocycles. The summed E-state index contributed by atoms with van der Waals surface area (Å²) in [4.78, 5) is 14.7. The minimum atomic E-state index is -0.448. The highest BCUT2D eigenvalue weighted by Crippen LogP contribution is 2.60. The number of rotatable bonds is 6. The number of benzene rings is 1. The van der Waals surface area contributed by atoms with E-state index in [-0.39, 0.29) is 17.6 Å². The summed E-state index contributed by atoms with van der Waals surface area (Å²) in [5.41, 5.74) is 1.53. The van der Waals surface area contributed by atoms with Crippen LogP contribution in [0, 0.1) is 29.0 Å². The maximum absolute atomic E-state index is 15.1. The van der Waals surface area contributed by atoms with E-state index in [2.05, 4.69) is 0 Å². The van der Waals surface area contributed by atoms with Gasteiger partial charge in [0.25, 0.3) is 5.91 Å². The second-order valence-electron chi connectivity index (χ2n) is 11.2. The normalized spacial score (nSPS) is 36.3. The first-order valence-electron chi connectivity index (χ1n) is 12.3. The van der Waals surface area contributed by atoms with Crippen LogP contribution in [-0.4, -0.2) is 43.7 Å². The first-order chi connectivity index (χ1) is 15.0. The van der Waals surface area contributed by atoms with Crippen molar-refractivity contribution < 1.29 is 18.7 Å². The van der Waals surface area contributed by atoms with Gasteiger partial charge in [-0.15, -0.1) is 0 Å². The Morgan fingerprint density at radius 2 is 1.77 bits per heavy atom. The van der Waals surface area contributed by atoms with Crippen LogP contribution in [0.4, 0.5) is 4.39 Å². The van der Waals surface area contributed by atoms with Gasteiger partial charge in [-0.3, -0.25) is 4.79 Å². The lowest BCUT2D eigenvalue weighted by atomic mass is 9.50. The molecular weight excluding hydrogens is 393 g/mol. The van der Waals surface area contributed by atoms with Crippen molar-refractivity contribution in [1.29, 1.82) is 0 Å². The molecule has 0 N–H and O–H groups in total. The molecule has 1 unspecified atom stereocenters. The lowest BCUT2D eigenvalue weighted by Crippen LogP contribution is -2.48. The van der Waals surface area contributed by atoms with E-state index in [1.54, 1.807) is 18.1 Å². The molecule has 4 bridgehead atoms. The van der Waals surface area contributed by atoms with E-state index in [1.807, 2.05) is 0 Å². The zero-order valence-corrected chi connectivity index (χ0v) is 18.6. The Hall–Kier alpha value is -1.62. The number of hydrogen-bond donors (Lipinski definition) is 0. The fraction of sp³-hybridized carbons (Fsp3) is 0.731. The van der Waals surface area contributed by atoms with Gasteiger partial charge in [0.15, 0.2) is 0 Å². The van der Waals surface area contributed by atoms with E-state index in [9.17, 15) is 4.79 Å². The Kier molecular flexibility index (Phi) is 4.82. The van der Waals surface area contributed by atoms with Gasteiger partial charge in [0.1, 0.15) is 11.6 Å². The van der Waals surface area contributed by atoms with Gasteiger partial charge in [-0.25, -0.2) is 4.39 Å². The summed E-state index contributed by atoms with van der Waals surface area (Å²) in [5.74, 6) is 3.07. The molecule has 7 rings (SSSR count). The second-order valence-corrected chi connectivity index (χ2v) is 11.2. The molecule has 6 aliphatic rings. The second kappa shape index (κ2) is 7.47. The number of methoxy groups -OCH3 is 1. The van der Waals surface area contributed by atoms with Crippen LogP contribution in [0.15, 0.2) is 12.1 Å². The van der Waals surface area contributed by atoms with Gasteiger partial charge < -0.3 is 14.4 Å². The lowest BCUT2D eigenvalue weighted by Gasteiger charge is -2.56. The molecule has 5 saturated carbocycles. The number of amides is 1. The highest BCUT2D eigenvalue weighted by molar-refractivity contribution is 5.95. The maximum Gasteiger partial charge on any atom is 0.256 e. The molecule has 1 saturated heterocycles. The molecule has 1 aromatic carbocycles. The van der Waals surface area contributed by atoms with Crippen molar-refractivity contribution in [1.82, 2.24) is 4.90 Å². The van der Waals surface area contributed by atoms with Crippen molar-refractivity contribution in [3.63, 3.8) is 0 Å². The third-order valence-corrected chi connectivity index (χ3v) is 8.81. The van der Waals surface area contributed by atoms with E-state index in [0.29, 0.717) is 36.8 Å². The molecule has 6 fully saturated rings. The summed E-state index contributed by atoms with van der Waals surface area (Å²) in [7, 11) is 1.67. The minimum Gasteiger partial charge on any atom is -0.493 e. The standard InChI is InChI=1S/C26H34FNO3/c1-30-20-4-5-28(14-20)25(29)22-9-21(19-2-3-19)24(10-23(22)27)31-15-26-11-16-6-17(12-26)8-18(7-16)13-26/h9-10,16-20H,2-8,11-15H2,1H3. The molecule has 0 radical (unpaired) electrons. The Labute approximate surface area is 184 Å². The SMILES string of the molecule is COC1CCN(C(=O)c2cc(C3CC3)c(OCC34CC5CC(CC(C5)C3)C4)cc2F)C1. The number of hydrogen-bond acceptors (Lipinski definition) is 3.